The summed E-state index contributed by atoms with van der Waals surface area (Å²) in [4.78, 5) is 12.6. The third kappa shape index (κ3) is 6.31. The van der Waals surface area contributed by atoms with Crippen molar-refractivity contribution in [1.29, 1.82) is 0 Å². The lowest BCUT2D eigenvalue weighted by Gasteiger charge is -2.23. The molecule has 0 saturated heterocycles. The first-order chi connectivity index (χ1) is 8.78. The first-order valence-electron chi connectivity index (χ1n) is 6.15. The SMILES string of the molecule is CC(C)CCC(=O)N(Cc1ccco1)CC(F)(F)F. The number of furan rings is 1. The Hall–Kier alpha value is -1.46. The average molecular weight is 277 g/mol. The molecule has 0 spiro atoms. The van der Waals surface area contributed by atoms with E-state index in [1.54, 1.807) is 12.1 Å². The van der Waals surface area contributed by atoms with E-state index in [0.717, 1.165) is 4.90 Å². The summed E-state index contributed by atoms with van der Waals surface area (Å²) in [5, 5.41) is 0. The van der Waals surface area contributed by atoms with E-state index < -0.39 is 18.6 Å². The predicted molar refractivity (Wildman–Crippen MR) is 64.3 cm³/mol. The molecule has 0 fully saturated rings. The van der Waals surface area contributed by atoms with Gasteiger partial charge >= 0.3 is 6.18 Å². The van der Waals surface area contributed by atoms with Crippen LogP contribution < -0.4 is 0 Å². The fourth-order valence-electron chi connectivity index (χ4n) is 1.61. The van der Waals surface area contributed by atoms with Gasteiger partial charge in [-0.3, -0.25) is 4.79 Å². The number of halogens is 3. The number of carbonyl (C=O) groups is 1. The van der Waals surface area contributed by atoms with Crippen molar-refractivity contribution in [1.82, 2.24) is 4.90 Å². The van der Waals surface area contributed by atoms with Crippen molar-refractivity contribution in [2.24, 2.45) is 5.92 Å². The van der Waals surface area contributed by atoms with Crippen LogP contribution in [0.1, 0.15) is 32.4 Å². The number of alkyl halides is 3. The monoisotopic (exact) mass is 277 g/mol. The van der Waals surface area contributed by atoms with E-state index in [4.69, 9.17) is 4.42 Å². The van der Waals surface area contributed by atoms with Gasteiger partial charge < -0.3 is 9.32 Å². The van der Waals surface area contributed by atoms with E-state index in [-0.39, 0.29) is 18.9 Å². The molecule has 0 aromatic carbocycles. The average Bonchev–Trinajstić information content (AvgIpc) is 2.75. The summed E-state index contributed by atoms with van der Waals surface area (Å²) in [6.07, 6.45) is -2.33. The maximum absolute atomic E-state index is 12.5. The lowest BCUT2D eigenvalue weighted by Crippen LogP contribution is -2.38. The first-order valence-corrected chi connectivity index (χ1v) is 6.15. The highest BCUT2D eigenvalue weighted by molar-refractivity contribution is 5.76. The van der Waals surface area contributed by atoms with Crippen LogP contribution in [0.15, 0.2) is 22.8 Å². The third-order valence-electron chi connectivity index (χ3n) is 2.59. The molecule has 1 amide bonds. The minimum absolute atomic E-state index is 0.119. The molecule has 1 heterocycles. The summed E-state index contributed by atoms with van der Waals surface area (Å²) in [6.45, 7) is 2.45. The van der Waals surface area contributed by atoms with E-state index >= 15 is 0 Å². The highest BCUT2D eigenvalue weighted by Gasteiger charge is 2.33. The van der Waals surface area contributed by atoms with Crippen molar-refractivity contribution < 1.29 is 22.4 Å². The standard InChI is InChI=1S/C13H18F3NO2/c1-10(2)5-6-12(18)17(9-13(14,15)16)8-11-4-3-7-19-11/h3-4,7,10H,5-6,8-9H2,1-2H3. The van der Waals surface area contributed by atoms with E-state index in [2.05, 4.69) is 0 Å². The number of nitrogens with zero attached hydrogens (tertiary/aromatic N) is 1. The molecular weight excluding hydrogens is 259 g/mol. The van der Waals surface area contributed by atoms with Crippen LogP contribution in [0.2, 0.25) is 0 Å². The zero-order valence-corrected chi connectivity index (χ0v) is 11.0. The Kier molecular flexibility index (Phi) is 5.44. The molecule has 1 aromatic heterocycles. The maximum atomic E-state index is 12.5. The van der Waals surface area contributed by atoms with Gasteiger partial charge in [0.1, 0.15) is 12.3 Å². The zero-order valence-electron chi connectivity index (χ0n) is 11.0. The molecule has 0 aliphatic rings. The molecule has 0 N–H and O–H groups in total. The van der Waals surface area contributed by atoms with Crippen LogP contribution in [0.5, 0.6) is 0 Å². The summed E-state index contributed by atoms with van der Waals surface area (Å²) < 4.78 is 42.4. The summed E-state index contributed by atoms with van der Waals surface area (Å²) in [6, 6.07) is 3.14. The highest BCUT2D eigenvalue weighted by Crippen LogP contribution is 2.20. The minimum Gasteiger partial charge on any atom is -0.467 e. The number of hydrogen-bond donors (Lipinski definition) is 0. The van der Waals surface area contributed by atoms with Gasteiger partial charge in [-0.25, -0.2) is 0 Å². The van der Waals surface area contributed by atoms with Crippen LogP contribution in [0.3, 0.4) is 0 Å². The van der Waals surface area contributed by atoms with Gasteiger partial charge in [-0.1, -0.05) is 13.8 Å². The third-order valence-corrected chi connectivity index (χ3v) is 2.59. The second kappa shape index (κ2) is 6.63. The highest BCUT2D eigenvalue weighted by atomic mass is 19.4. The number of amides is 1. The van der Waals surface area contributed by atoms with Gasteiger partial charge in [-0.15, -0.1) is 0 Å². The van der Waals surface area contributed by atoms with Crippen molar-refractivity contribution >= 4 is 5.91 Å². The van der Waals surface area contributed by atoms with E-state index in [0.29, 0.717) is 12.2 Å². The topological polar surface area (TPSA) is 33.5 Å². The Bertz CT molecular complexity index is 385. The van der Waals surface area contributed by atoms with E-state index in [1.165, 1.54) is 6.26 Å². The van der Waals surface area contributed by atoms with Crippen molar-refractivity contribution in [2.75, 3.05) is 6.54 Å². The van der Waals surface area contributed by atoms with Gasteiger partial charge in [-0.2, -0.15) is 13.2 Å². The van der Waals surface area contributed by atoms with E-state index in [9.17, 15) is 18.0 Å². The molecule has 0 atom stereocenters. The fourth-order valence-corrected chi connectivity index (χ4v) is 1.61. The molecule has 19 heavy (non-hydrogen) atoms. The molecule has 3 nitrogen and oxygen atoms in total. The van der Waals surface area contributed by atoms with Crippen molar-refractivity contribution in [3.05, 3.63) is 24.2 Å². The molecular formula is C13H18F3NO2. The molecule has 0 saturated carbocycles. The lowest BCUT2D eigenvalue weighted by molar-refractivity contribution is -0.163. The van der Waals surface area contributed by atoms with Crippen LogP contribution in [0.25, 0.3) is 0 Å². The lowest BCUT2D eigenvalue weighted by atomic mass is 10.1. The Labute approximate surface area is 110 Å². The summed E-state index contributed by atoms with van der Waals surface area (Å²) >= 11 is 0. The smallest absolute Gasteiger partial charge is 0.406 e. The van der Waals surface area contributed by atoms with E-state index in [1.807, 2.05) is 13.8 Å². The number of rotatable bonds is 6. The molecule has 1 aromatic rings. The van der Waals surface area contributed by atoms with Crippen LogP contribution in [0.4, 0.5) is 13.2 Å². The Morgan fingerprint density at radius 1 is 1.42 bits per heavy atom. The van der Waals surface area contributed by atoms with Gasteiger partial charge in [0.25, 0.3) is 0 Å². The molecule has 108 valence electrons. The van der Waals surface area contributed by atoms with Gasteiger partial charge in [-0.05, 0) is 24.5 Å². The van der Waals surface area contributed by atoms with Crippen LogP contribution >= 0.6 is 0 Å². The molecule has 0 unspecified atom stereocenters. The Morgan fingerprint density at radius 2 is 2.11 bits per heavy atom. The quantitative estimate of drug-likeness (QED) is 0.796. The fraction of sp³-hybridized carbons (Fsp3) is 0.615. The predicted octanol–water partition coefficient (Wildman–Crippen LogP) is 3.61. The van der Waals surface area contributed by atoms with Crippen molar-refractivity contribution in [3.8, 4) is 0 Å². The largest absolute Gasteiger partial charge is 0.467 e. The van der Waals surface area contributed by atoms with Crippen LogP contribution in [0, 0.1) is 5.92 Å². The number of carbonyl (C=O) groups excluding carboxylic acids is 1. The molecule has 6 heteroatoms. The van der Waals surface area contributed by atoms with Gasteiger partial charge in [0.2, 0.25) is 5.91 Å². The Balaban J connectivity index is 2.65. The normalized spacial score (nSPS) is 11.9. The molecule has 1 rings (SSSR count). The van der Waals surface area contributed by atoms with Crippen molar-refractivity contribution in [2.45, 2.75) is 39.4 Å². The van der Waals surface area contributed by atoms with Crippen molar-refractivity contribution in [3.63, 3.8) is 0 Å². The summed E-state index contributed by atoms with van der Waals surface area (Å²) in [5.41, 5.74) is 0. The second-order valence-electron chi connectivity index (χ2n) is 4.88. The van der Waals surface area contributed by atoms with Gasteiger partial charge in [0, 0.05) is 6.42 Å². The first kappa shape index (κ1) is 15.6. The van der Waals surface area contributed by atoms with Gasteiger partial charge in [0.05, 0.1) is 12.8 Å². The minimum atomic E-state index is -4.40. The van der Waals surface area contributed by atoms with Crippen LogP contribution in [-0.4, -0.2) is 23.5 Å². The molecule has 0 aliphatic carbocycles. The summed E-state index contributed by atoms with van der Waals surface area (Å²) in [5.74, 6) is 0.130. The molecule has 0 bridgehead atoms. The number of hydrogen-bond acceptors (Lipinski definition) is 2. The molecule has 0 radical (unpaired) electrons. The summed E-state index contributed by atoms with van der Waals surface area (Å²) in [7, 11) is 0. The Morgan fingerprint density at radius 3 is 2.58 bits per heavy atom. The molecule has 0 aliphatic heterocycles. The van der Waals surface area contributed by atoms with Gasteiger partial charge in [0.15, 0.2) is 0 Å². The zero-order chi connectivity index (χ0) is 14.5. The maximum Gasteiger partial charge on any atom is 0.406 e. The van der Waals surface area contributed by atoms with Crippen LogP contribution in [-0.2, 0) is 11.3 Å². The second-order valence-corrected chi connectivity index (χ2v) is 4.88.